The predicted molar refractivity (Wildman–Crippen MR) is 69.6 cm³/mol. The molecule has 0 radical (unpaired) electrons. The number of carbonyl (C=O) groups excluding carboxylic acids is 1. The van der Waals surface area contributed by atoms with Crippen molar-refractivity contribution in [1.82, 2.24) is 0 Å². The summed E-state index contributed by atoms with van der Waals surface area (Å²) < 4.78 is 4.55. The van der Waals surface area contributed by atoms with Gasteiger partial charge < -0.3 is 14.9 Å². The molecule has 0 amide bonds. The van der Waals surface area contributed by atoms with E-state index in [-0.39, 0.29) is 0 Å². The van der Waals surface area contributed by atoms with Crippen LogP contribution in [0.1, 0.15) is 35.7 Å². The molecule has 1 aromatic carbocycles. The van der Waals surface area contributed by atoms with Gasteiger partial charge in [-0.25, -0.2) is 4.79 Å². The number of methoxy groups -OCH3 is 1. The monoisotopic (exact) mass is 280 g/mol. The third kappa shape index (κ3) is 2.64. The highest BCUT2D eigenvalue weighted by Crippen LogP contribution is 2.36. The quantitative estimate of drug-likeness (QED) is 0.629. The first kappa shape index (κ1) is 15.7. The summed E-state index contributed by atoms with van der Waals surface area (Å²) >= 11 is 0. The second-order valence-electron chi connectivity index (χ2n) is 4.65. The van der Waals surface area contributed by atoms with Crippen LogP contribution in [0.15, 0.2) is 24.3 Å². The Bertz CT molecular complexity index is 517. The van der Waals surface area contributed by atoms with E-state index in [1.165, 1.54) is 38.3 Å². The van der Waals surface area contributed by atoms with Gasteiger partial charge in [-0.2, -0.15) is 0 Å². The number of hydrogen-bond donors (Lipinski definition) is 2. The standard InChI is InChI=1S/C14H16O6/c1-8(14(2,12(16)17)13(18)19)9-4-6-10(7-5-9)11(15)20-3/h4-8H,1-3H3,(H,16,17)(H,18,19)/t8-/m1/s1. The zero-order valence-corrected chi connectivity index (χ0v) is 11.4. The summed E-state index contributed by atoms with van der Waals surface area (Å²) in [6.45, 7) is 2.69. The van der Waals surface area contributed by atoms with Crippen molar-refractivity contribution in [2.75, 3.05) is 7.11 Å². The fraction of sp³-hybridized carbons (Fsp3) is 0.357. The van der Waals surface area contributed by atoms with E-state index in [1.807, 2.05) is 0 Å². The average Bonchev–Trinajstić information content (AvgIpc) is 2.44. The number of rotatable bonds is 5. The number of esters is 1. The van der Waals surface area contributed by atoms with E-state index >= 15 is 0 Å². The Morgan fingerprint density at radius 2 is 1.55 bits per heavy atom. The van der Waals surface area contributed by atoms with Crippen molar-refractivity contribution in [1.29, 1.82) is 0 Å². The molecule has 0 saturated heterocycles. The molecule has 1 atom stereocenters. The summed E-state index contributed by atoms with van der Waals surface area (Å²) in [4.78, 5) is 33.8. The molecule has 6 heteroatoms. The molecular formula is C14H16O6. The maximum atomic E-state index is 11.3. The van der Waals surface area contributed by atoms with Crippen LogP contribution in [0.2, 0.25) is 0 Å². The zero-order valence-electron chi connectivity index (χ0n) is 11.4. The topological polar surface area (TPSA) is 101 Å². The fourth-order valence-electron chi connectivity index (χ4n) is 1.82. The van der Waals surface area contributed by atoms with Crippen LogP contribution >= 0.6 is 0 Å². The Kier molecular flexibility index (Phi) is 4.49. The number of hydrogen-bond acceptors (Lipinski definition) is 4. The minimum absolute atomic E-state index is 0.316. The van der Waals surface area contributed by atoms with Gasteiger partial charge in [0.2, 0.25) is 0 Å². The van der Waals surface area contributed by atoms with E-state index in [0.717, 1.165) is 6.92 Å². The fourth-order valence-corrected chi connectivity index (χ4v) is 1.82. The molecule has 0 aliphatic heterocycles. The van der Waals surface area contributed by atoms with Crippen LogP contribution in [0.4, 0.5) is 0 Å². The summed E-state index contributed by atoms with van der Waals surface area (Å²) in [5.74, 6) is -4.09. The predicted octanol–water partition coefficient (Wildman–Crippen LogP) is 1.75. The second-order valence-corrected chi connectivity index (χ2v) is 4.65. The smallest absolute Gasteiger partial charge is 0.337 e. The molecule has 0 unspecified atom stereocenters. The van der Waals surface area contributed by atoms with E-state index in [2.05, 4.69) is 4.74 Å². The lowest BCUT2D eigenvalue weighted by molar-refractivity contribution is -0.164. The highest BCUT2D eigenvalue weighted by Gasteiger charge is 2.47. The van der Waals surface area contributed by atoms with E-state index in [4.69, 9.17) is 10.2 Å². The SMILES string of the molecule is COC(=O)c1ccc([C@@H](C)C(C)(C(=O)O)C(=O)O)cc1. The van der Waals surface area contributed by atoms with Gasteiger partial charge in [-0.05, 0) is 24.6 Å². The van der Waals surface area contributed by atoms with Gasteiger partial charge in [0.25, 0.3) is 0 Å². The van der Waals surface area contributed by atoms with Crippen LogP contribution < -0.4 is 0 Å². The minimum Gasteiger partial charge on any atom is -0.480 e. The van der Waals surface area contributed by atoms with Crippen molar-refractivity contribution in [3.63, 3.8) is 0 Å². The first-order chi connectivity index (χ1) is 9.25. The molecular weight excluding hydrogens is 264 g/mol. The third-order valence-corrected chi connectivity index (χ3v) is 3.59. The highest BCUT2D eigenvalue weighted by molar-refractivity contribution is 5.99. The van der Waals surface area contributed by atoms with Gasteiger partial charge in [0, 0.05) is 5.92 Å². The molecule has 0 spiro atoms. The van der Waals surface area contributed by atoms with Crippen LogP contribution in [-0.2, 0) is 14.3 Å². The van der Waals surface area contributed by atoms with Gasteiger partial charge in [0.05, 0.1) is 12.7 Å². The van der Waals surface area contributed by atoms with E-state index in [9.17, 15) is 14.4 Å². The van der Waals surface area contributed by atoms with E-state index in [1.54, 1.807) is 0 Å². The molecule has 2 N–H and O–H groups in total. The molecule has 0 saturated carbocycles. The Morgan fingerprint density at radius 3 is 1.90 bits per heavy atom. The van der Waals surface area contributed by atoms with Crippen LogP contribution in [0.5, 0.6) is 0 Å². The largest absolute Gasteiger partial charge is 0.480 e. The van der Waals surface area contributed by atoms with Crippen molar-refractivity contribution < 1.29 is 29.3 Å². The molecule has 0 aliphatic carbocycles. The van der Waals surface area contributed by atoms with Crippen LogP contribution in [0.3, 0.4) is 0 Å². The van der Waals surface area contributed by atoms with E-state index < -0.39 is 29.2 Å². The summed E-state index contributed by atoms with van der Waals surface area (Å²) in [6.07, 6.45) is 0. The van der Waals surface area contributed by atoms with Crippen molar-refractivity contribution in [3.8, 4) is 0 Å². The summed E-state index contributed by atoms with van der Waals surface area (Å²) in [5.41, 5.74) is -1.10. The van der Waals surface area contributed by atoms with Crippen molar-refractivity contribution in [2.24, 2.45) is 5.41 Å². The number of carboxylic acid groups (broad SMARTS) is 2. The van der Waals surface area contributed by atoms with Crippen molar-refractivity contribution in [3.05, 3.63) is 35.4 Å². The molecule has 0 fully saturated rings. The average molecular weight is 280 g/mol. The summed E-state index contributed by atoms with van der Waals surface area (Å²) in [6, 6.07) is 6.01. The van der Waals surface area contributed by atoms with Gasteiger partial charge in [-0.15, -0.1) is 0 Å². The molecule has 0 aliphatic rings. The molecule has 1 rings (SSSR count). The number of benzene rings is 1. The maximum absolute atomic E-state index is 11.3. The minimum atomic E-state index is -1.94. The first-order valence-corrected chi connectivity index (χ1v) is 5.90. The summed E-state index contributed by atoms with van der Waals surface area (Å²) in [7, 11) is 1.25. The van der Waals surface area contributed by atoms with Gasteiger partial charge in [0.15, 0.2) is 5.41 Å². The number of aliphatic carboxylic acids is 2. The molecule has 108 valence electrons. The third-order valence-electron chi connectivity index (χ3n) is 3.59. The second kappa shape index (κ2) is 5.73. The molecule has 1 aromatic rings. The lowest BCUT2D eigenvalue weighted by atomic mass is 9.74. The lowest BCUT2D eigenvalue weighted by Gasteiger charge is -2.27. The van der Waals surface area contributed by atoms with E-state index in [0.29, 0.717) is 11.1 Å². The van der Waals surface area contributed by atoms with Crippen molar-refractivity contribution in [2.45, 2.75) is 19.8 Å². The Balaban J connectivity index is 3.14. The summed E-state index contributed by atoms with van der Waals surface area (Å²) in [5, 5.41) is 18.3. The Morgan fingerprint density at radius 1 is 1.10 bits per heavy atom. The normalized spacial score (nSPS) is 12.6. The number of ether oxygens (including phenoxy) is 1. The maximum Gasteiger partial charge on any atom is 0.337 e. The van der Waals surface area contributed by atoms with Gasteiger partial charge in [-0.1, -0.05) is 19.1 Å². The molecule has 0 heterocycles. The highest BCUT2D eigenvalue weighted by atomic mass is 16.5. The Hall–Kier alpha value is -2.37. The van der Waals surface area contributed by atoms with Gasteiger partial charge >= 0.3 is 17.9 Å². The molecule has 20 heavy (non-hydrogen) atoms. The van der Waals surface area contributed by atoms with Crippen LogP contribution in [-0.4, -0.2) is 35.2 Å². The van der Waals surface area contributed by atoms with Crippen molar-refractivity contribution >= 4 is 17.9 Å². The molecule has 6 nitrogen and oxygen atoms in total. The van der Waals surface area contributed by atoms with Gasteiger partial charge in [-0.3, -0.25) is 9.59 Å². The lowest BCUT2D eigenvalue weighted by Crippen LogP contribution is -2.40. The van der Waals surface area contributed by atoms with Crippen LogP contribution in [0, 0.1) is 5.41 Å². The van der Waals surface area contributed by atoms with Crippen LogP contribution in [0.25, 0.3) is 0 Å². The molecule has 0 aromatic heterocycles. The van der Waals surface area contributed by atoms with Gasteiger partial charge in [0.1, 0.15) is 0 Å². The first-order valence-electron chi connectivity index (χ1n) is 5.90. The Labute approximate surface area is 116 Å². The number of carboxylic acids is 2. The zero-order chi connectivity index (χ0) is 15.5. The number of carbonyl (C=O) groups is 3. The molecule has 0 bridgehead atoms.